The SMILES string of the molecule is CCc1ccc(N2C(C)Cc3cc(OS(=O)(=O)C(F)(F)F)ccc3C2c2ccc(C)cc2)cc1. The zero-order valence-electron chi connectivity index (χ0n) is 19.1. The highest BCUT2D eigenvalue weighted by Crippen LogP contribution is 2.42. The quantitative estimate of drug-likeness (QED) is 0.311. The summed E-state index contributed by atoms with van der Waals surface area (Å²) in [6.45, 7) is 6.16. The van der Waals surface area contributed by atoms with Gasteiger partial charge in [-0.05, 0) is 73.2 Å². The van der Waals surface area contributed by atoms with Crippen molar-refractivity contribution in [1.82, 2.24) is 0 Å². The van der Waals surface area contributed by atoms with E-state index >= 15 is 0 Å². The number of nitrogens with zero attached hydrogens (tertiary/aromatic N) is 1. The van der Waals surface area contributed by atoms with Crippen molar-refractivity contribution in [3.63, 3.8) is 0 Å². The summed E-state index contributed by atoms with van der Waals surface area (Å²) in [6.07, 6.45) is 1.46. The van der Waals surface area contributed by atoms with Gasteiger partial charge >= 0.3 is 15.6 Å². The Morgan fingerprint density at radius 3 is 2.24 bits per heavy atom. The van der Waals surface area contributed by atoms with Gasteiger partial charge in [-0.2, -0.15) is 21.6 Å². The summed E-state index contributed by atoms with van der Waals surface area (Å²) in [6, 6.07) is 20.7. The van der Waals surface area contributed by atoms with E-state index < -0.39 is 15.6 Å². The van der Waals surface area contributed by atoms with Crippen LogP contribution in [-0.2, 0) is 23.0 Å². The second-order valence-electron chi connectivity index (χ2n) is 8.64. The van der Waals surface area contributed by atoms with Crippen LogP contribution >= 0.6 is 0 Å². The summed E-state index contributed by atoms with van der Waals surface area (Å²) in [7, 11) is -5.73. The summed E-state index contributed by atoms with van der Waals surface area (Å²) in [4.78, 5) is 2.30. The van der Waals surface area contributed by atoms with Crippen molar-refractivity contribution in [3.8, 4) is 5.75 Å². The van der Waals surface area contributed by atoms with Crippen molar-refractivity contribution in [3.05, 3.63) is 94.5 Å². The van der Waals surface area contributed by atoms with Crippen LogP contribution in [0, 0.1) is 6.92 Å². The largest absolute Gasteiger partial charge is 0.534 e. The van der Waals surface area contributed by atoms with Gasteiger partial charge in [0.05, 0.1) is 6.04 Å². The van der Waals surface area contributed by atoms with Crippen molar-refractivity contribution in [2.45, 2.75) is 51.2 Å². The minimum absolute atomic E-state index is 0.000697. The van der Waals surface area contributed by atoms with Gasteiger partial charge in [0.1, 0.15) is 5.75 Å². The third kappa shape index (κ3) is 4.64. The Balaban J connectivity index is 1.80. The third-order valence-electron chi connectivity index (χ3n) is 6.20. The van der Waals surface area contributed by atoms with Gasteiger partial charge in [0.25, 0.3) is 0 Å². The molecule has 0 aliphatic carbocycles. The summed E-state index contributed by atoms with van der Waals surface area (Å²) in [5, 5.41) is 0. The van der Waals surface area contributed by atoms with E-state index in [1.165, 1.54) is 17.7 Å². The minimum atomic E-state index is -5.73. The van der Waals surface area contributed by atoms with Crippen molar-refractivity contribution < 1.29 is 25.8 Å². The Morgan fingerprint density at radius 1 is 1.00 bits per heavy atom. The van der Waals surface area contributed by atoms with E-state index in [1.807, 2.05) is 31.2 Å². The second kappa shape index (κ2) is 8.98. The zero-order chi connectivity index (χ0) is 24.7. The molecule has 180 valence electrons. The van der Waals surface area contributed by atoms with Crippen LogP contribution in [-0.4, -0.2) is 20.0 Å². The first kappa shape index (κ1) is 24.1. The van der Waals surface area contributed by atoms with Crippen LogP contribution in [0.5, 0.6) is 5.75 Å². The highest BCUT2D eigenvalue weighted by molar-refractivity contribution is 7.88. The number of hydrogen-bond donors (Lipinski definition) is 0. The molecule has 0 saturated heterocycles. The normalized spacial score (nSPS) is 18.5. The molecular weight excluding hydrogens is 463 g/mol. The molecule has 0 saturated carbocycles. The Kier molecular flexibility index (Phi) is 6.38. The molecule has 1 aliphatic rings. The molecule has 1 aliphatic heterocycles. The van der Waals surface area contributed by atoms with Gasteiger partial charge in [0.15, 0.2) is 0 Å². The molecule has 2 unspecified atom stereocenters. The van der Waals surface area contributed by atoms with Gasteiger partial charge in [0.2, 0.25) is 0 Å². The molecule has 3 aromatic carbocycles. The minimum Gasteiger partial charge on any atom is -0.376 e. The lowest BCUT2D eigenvalue weighted by atomic mass is 9.84. The van der Waals surface area contributed by atoms with Crippen LogP contribution in [0.15, 0.2) is 66.7 Å². The zero-order valence-corrected chi connectivity index (χ0v) is 20.0. The number of alkyl halides is 3. The summed E-state index contributed by atoms with van der Waals surface area (Å²) in [5.41, 5.74) is 0.603. The fraction of sp³-hybridized carbons (Fsp3) is 0.308. The fourth-order valence-corrected chi connectivity index (χ4v) is 4.92. The molecule has 0 spiro atoms. The summed E-state index contributed by atoms with van der Waals surface area (Å²) < 4.78 is 65.8. The fourth-order valence-electron chi connectivity index (χ4n) is 4.47. The molecule has 0 aromatic heterocycles. The molecule has 0 N–H and O–H groups in total. The first-order chi connectivity index (χ1) is 16.0. The Bertz CT molecular complexity index is 1270. The first-order valence-corrected chi connectivity index (χ1v) is 12.5. The van der Waals surface area contributed by atoms with E-state index in [4.69, 9.17) is 0 Å². The Hall–Kier alpha value is -3.00. The van der Waals surface area contributed by atoms with E-state index in [2.05, 4.69) is 47.2 Å². The number of rotatable bonds is 5. The van der Waals surface area contributed by atoms with Gasteiger partial charge in [-0.3, -0.25) is 0 Å². The molecule has 0 amide bonds. The van der Waals surface area contributed by atoms with Crippen LogP contribution in [0.3, 0.4) is 0 Å². The lowest BCUT2D eigenvalue weighted by Crippen LogP contribution is -2.43. The van der Waals surface area contributed by atoms with Crippen molar-refractivity contribution in [2.75, 3.05) is 4.90 Å². The number of benzene rings is 3. The molecule has 0 fully saturated rings. The van der Waals surface area contributed by atoms with Crippen LogP contribution < -0.4 is 9.08 Å². The van der Waals surface area contributed by atoms with E-state index in [0.29, 0.717) is 6.42 Å². The van der Waals surface area contributed by atoms with E-state index in [-0.39, 0.29) is 17.8 Å². The van der Waals surface area contributed by atoms with E-state index in [0.717, 1.165) is 34.4 Å². The van der Waals surface area contributed by atoms with Gasteiger partial charge in [0, 0.05) is 11.7 Å². The highest BCUT2D eigenvalue weighted by atomic mass is 32.2. The number of halogens is 3. The van der Waals surface area contributed by atoms with Crippen LogP contribution in [0.1, 0.15) is 47.7 Å². The predicted molar refractivity (Wildman–Crippen MR) is 127 cm³/mol. The molecule has 0 radical (unpaired) electrons. The number of hydrogen-bond acceptors (Lipinski definition) is 4. The monoisotopic (exact) mass is 489 g/mol. The molecule has 0 bridgehead atoms. The van der Waals surface area contributed by atoms with Gasteiger partial charge in [-0.1, -0.05) is 55.0 Å². The van der Waals surface area contributed by atoms with Crippen molar-refractivity contribution in [1.29, 1.82) is 0 Å². The maximum atomic E-state index is 12.8. The van der Waals surface area contributed by atoms with E-state index in [9.17, 15) is 21.6 Å². The Morgan fingerprint density at radius 2 is 1.65 bits per heavy atom. The molecule has 4 rings (SSSR count). The van der Waals surface area contributed by atoms with E-state index in [1.54, 1.807) is 6.07 Å². The second-order valence-corrected chi connectivity index (χ2v) is 10.2. The average Bonchev–Trinajstić information content (AvgIpc) is 2.78. The van der Waals surface area contributed by atoms with Crippen LogP contribution in [0.25, 0.3) is 0 Å². The van der Waals surface area contributed by atoms with Gasteiger partial charge in [-0.25, -0.2) is 0 Å². The van der Waals surface area contributed by atoms with Gasteiger partial charge in [-0.15, -0.1) is 0 Å². The smallest absolute Gasteiger partial charge is 0.376 e. The first-order valence-electron chi connectivity index (χ1n) is 11.1. The topological polar surface area (TPSA) is 46.6 Å². The number of fused-ring (bicyclic) bond motifs is 1. The average molecular weight is 490 g/mol. The standard InChI is InChI=1S/C26H26F3NO3S/c1-4-19-7-11-22(12-8-19)30-18(3)15-21-16-23(33-34(31,32)26(27,28)29)13-14-24(21)25(30)20-9-5-17(2)6-10-20/h5-14,16,18,25H,4,15H2,1-3H3. The maximum absolute atomic E-state index is 12.8. The molecule has 34 heavy (non-hydrogen) atoms. The lowest BCUT2D eigenvalue weighted by molar-refractivity contribution is -0.0500. The molecule has 3 aromatic rings. The van der Waals surface area contributed by atoms with Crippen molar-refractivity contribution in [2.24, 2.45) is 0 Å². The predicted octanol–water partition coefficient (Wildman–Crippen LogP) is 6.33. The highest BCUT2D eigenvalue weighted by Gasteiger charge is 2.48. The molecule has 4 nitrogen and oxygen atoms in total. The summed E-state index contributed by atoms with van der Waals surface area (Å²) in [5.74, 6) is -0.341. The molecule has 2 atom stereocenters. The number of anilines is 1. The number of aryl methyl sites for hydroxylation is 2. The molecule has 8 heteroatoms. The van der Waals surface area contributed by atoms with Gasteiger partial charge < -0.3 is 9.08 Å². The van der Waals surface area contributed by atoms with Crippen molar-refractivity contribution >= 4 is 15.8 Å². The van der Waals surface area contributed by atoms with Crippen LogP contribution in [0.4, 0.5) is 18.9 Å². The molecular formula is C26H26F3NO3S. The molecule has 1 heterocycles. The summed E-state index contributed by atoms with van der Waals surface area (Å²) >= 11 is 0. The lowest BCUT2D eigenvalue weighted by Gasteiger charge is -2.44. The maximum Gasteiger partial charge on any atom is 0.534 e. The van der Waals surface area contributed by atoms with Crippen LogP contribution in [0.2, 0.25) is 0 Å². The Labute approximate surface area is 198 Å². The third-order valence-corrected chi connectivity index (χ3v) is 7.18.